The monoisotopic (exact) mass is 342 g/mol. The van der Waals surface area contributed by atoms with Crippen molar-refractivity contribution in [1.82, 2.24) is 5.32 Å². The van der Waals surface area contributed by atoms with Crippen LogP contribution in [-0.2, 0) is 9.59 Å². The van der Waals surface area contributed by atoms with E-state index in [1.54, 1.807) is 6.92 Å². The van der Waals surface area contributed by atoms with Crippen LogP contribution < -0.4 is 11.1 Å². The van der Waals surface area contributed by atoms with E-state index < -0.39 is 17.4 Å². The second-order valence-corrected chi connectivity index (χ2v) is 6.78. The first-order valence-corrected chi connectivity index (χ1v) is 9.79. The zero-order valence-corrected chi connectivity index (χ0v) is 15.7. The highest BCUT2D eigenvalue weighted by Crippen LogP contribution is 2.12. The lowest BCUT2D eigenvalue weighted by molar-refractivity contribution is -0.149. The van der Waals surface area contributed by atoms with Crippen LogP contribution in [0.15, 0.2) is 0 Å². The smallest absolute Gasteiger partial charge is 0.333 e. The van der Waals surface area contributed by atoms with Gasteiger partial charge in [-0.3, -0.25) is 4.79 Å². The van der Waals surface area contributed by atoms with Crippen molar-refractivity contribution in [2.24, 2.45) is 5.73 Å². The molecule has 0 rings (SSSR count). The lowest BCUT2D eigenvalue weighted by Gasteiger charge is -2.21. The minimum absolute atomic E-state index is 0.0899. The molecule has 1 amide bonds. The third kappa shape index (κ3) is 9.91. The van der Waals surface area contributed by atoms with Crippen LogP contribution in [0.5, 0.6) is 0 Å². The molecule has 5 nitrogen and oxygen atoms in total. The highest BCUT2D eigenvalue weighted by atomic mass is 16.4. The van der Waals surface area contributed by atoms with E-state index in [2.05, 4.69) is 12.2 Å². The number of hydrogen-bond acceptors (Lipinski definition) is 3. The molecule has 0 spiro atoms. The Hall–Kier alpha value is -1.10. The van der Waals surface area contributed by atoms with Crippen LogP contribution >= 0.6 is 0 Å². The molecular weight excluding hydrogens is 304 g/mol. The van der Waals surface area contributed by atoms with Crippen LogP contribution in [0.2, 0.25) is 0 Å². The first-order valence-electron chi connectivity index (χ1n) is 9.79. The molecule has 0 saturated heterocycles. The molecule has 1 atom stereocenters. The van der Waals surface area contributed by atoms with Crippen molar-refractivity contribution in [2.45, 2.75) is 103 Å². The minimum Gasteiger partial charge on any atom is -0.479 e. The maximum atomic E-state index is 11.8. The van der Waals surface area contributed by atoms with Crippen molar-refractivity contribution >= 4 is 11.9 Å². The first kappa shape index (κ1) is 22.9. The third-order valence-corrected chi connectivity index (χ3v) is 4.66. The minimum atomic E-state index is -1.79. The predicted octanol–water partition coefficient (Wildman–Crippen LogP) is 4.00. The van der Waals surface area contributed by atoms with Gasteiger partial charge in [0, 0.05) is 6.54 Å². The quantitative estimate of drug-likeness (QED) is 0.292. The van der Waals surface area contributed by atoms with Gasteiger partial charge in [-0.1, -0.05) is 84.5 Å². The Kier molecular flexibility index (Phi) is 13.6. The van der Waals surface area contributed by atoms with Crippen LogP contribution in [0.25, 0.3) is 0 Å². The second kappa shape index (κ2) is 14.3. The fourth-order valence-corrected chi connectivity index (χ4v) is 2.73. The normalized spacial score (nSPS) is 13.5. The van der Waals surface area contributed by atoms with Gasteiger partial charge in [0.05, 0.1) is 0 Å². The van der Waals surface area contributed by atoms with E-state index in [0.29, 0.717) is 6.54 Å². The number of carbonyl (C=O) groups excluding carboxylic acids is 1. The molecule has 0 aromatic carbocycles. The van der Waals surface area contributed by atoms with Gasteiger partial charge in [0.1, 0.15) is 0 Å². The van der Waals surface area contributed by atoms with Gasteiger partial charge < -0.3 is 16.2 Å². The van der Waals surface area contributed by atoms with Crippen LogP contribution in [0.3, 0.4) is 0 Å². The molecule has 0 heterocycles. The molecule has 0 radical (unpaired) electrons. The number of amides is 1. The van der Waals surface area contributed by atoms with Crippen molar-refractivity contribution in [3.8, 4) is 0 Å². The van der Waals surface area contributed by atoms with Gasteiger partial charge in [0.2, 0.25) is 0 Å². The summed E-state index contributed by atoms with van der Waals surface area (Å²) in [4.78, 5) is 22.9. The molecule has 0 saturated carbocycles. The van der Waals surface area contributed by atoms with E-state index in [1.165, 1.54) is 64.2 Å². The number of rotatable bonds is 16. The van der Waals surface area contributed by atoms with Gasteiger partial charge in [0.15, 0.2) is 5.54 Å². The molecule has 0 aliphatic rings. The summed E-state index contributed by atoms with van der Waals surface area (Å²) in [5, 5.41) is 11.7. The van der Waals surface area contributed by atoms with Crippen molar-refractivity contribution in [1.29, 1.82) is 0 Å². The van der Waals surface area contributed by atoms with Crippen molar-refractivity contribution in [2.75, 3.05) is 6.54 Å². The van der Waals surface area contributed by atoms with Crippen LogP contribution in [0.4, 0.5) is 0 Å². The molecular formula is C19H38N2O3. The molecule has 24 heavy (non-hydrogen) atoms. The highest BCUT2D eigenvalue weighted by molar-refractivity contribution is 6.06. The van der Waals surface area contributed by atoms with Gasteiger partial charge >= 0.3 is 5.97 Å². The van der Waals surface area contributed by atoms with E-state index >= 15 is 0 Å². The first-order chi connectivity index (χ1) is 11.5. The fraction of sp³-hybridized carbons (Fsp3) is 0.895. The van der Waals surface area contributed by atoms with Crippen LogP contribution in [-0.4, -0.2) is 29.1 Å². The van der Waals surface area contributed by atoms with E-state index in [1.807, 2.05) is 0 Å². The van der Waals surface area contributed by atoms with Crippen molar-refractivity contribution < 1.29 is 14.7 Å². The van der Waals surface area contributed by atoms with Crippen LogP contribution in [0.1, 0.15) is 97.3 Å². The lowest BCUT2D eigenvalue weighted by atomic mass is 9.96. The predicted molar refractivity (Wildman–Crippen MR) is 98.9 cm³/mol. The van der Waals surface area contributed by atoms with Gasteiger partial charge in [-0.2, -0.15) is 0 Å². The standard InChI is InChI=1S/C19H38N2O3/c1-3-5-6-7-8-9-10-11-12-13-14-15-16-21-17(22)19(20,4-2)18(23)24/h3-16,20H2,1-2H3,(H,21,22)(H,23,24). The van der Waals surface area contributed by atoms with Crippen molar-refractivity contribution in [3.05, 3.63) is 0 Å². The fourth-order valence-electron chi connectivity index (χ4n) is 2.73. The molecule has 5 heteroatoms. The molecule has 0 fully saturated rings. The number of nitrogens with one attached hydrogen (secondary N) is 1. The molecule has 142 valence electrons. The summed E-state index contributed by atoms with van der Waals surface area (Å²) in [6.45, 7) is 4.35. The SMILES string of the molecule is CCCCCCCCCCCCCCNC(=O)C(N)(CC)C(=O)O. The largest absolute Gasteiger partial charge is 0.479 e. The summed E-state index contributed by atoms with van der Waals surface area (Å²) in [6, 6.07) is 0. The summed E-state index contributed by atoms with van der Waals surface area (Å²) in [6.07, 6.45) is 15.2. The van der Waals surface area contributed by atoms with Crippen molar-refractivity contribution in [3.63, 3.8) is 0 Å². The topological polar surface area (TPSA) is 92.4 Å². The summed E-state index contributed by atoms with van der Waals surface area (Å²) >= 11 is 0. The summed E-state index contributed by atoms with van der Waals surface area (Å²) in [7, 11) is 0. The summed E-state index contributed by atoms with van der Waals surface area (Å²) in [5.41, 5.74) is 3.82. The highest BCUT2D eigenvalue weighted by Gasteiger charge is 2.40. The lowest BCUT2D eigenvalue weighted by Crippen LogP contribution is -2.59. The Bertz CT molecular complexity index is 348. The average Bonchev–Trinajstić information content (AvgIpc) is 2.57. The molecule has 0 aliphatic carbocycles. The van der Waals surface area contributed by atoms with Gasteiger partial charge in [0.25, 0.3) is 5.91 Å². The molecule has 4 N–H and O–H groups in total. The van der Waals surface area contributed by atoms with E-state index in [9.17, 15) is 9.59 Å². The number of hydrogen-bond donors (Lipinski definition) is 3. The molecule has 0 aromatic heterocycles. The zero-order chi connectivity index (χ0) is 18.3. The number of carboxylic acids is 1. The summed E-state index contributed by atoms with van der Waals surface area (Å²) < 4.78 is 0. The molecule has 0 aromatic rings. The second-order valence-electron chi connectivity index (χ2n) is 6.78. The van der Waals surface area contributed by atoms with E-state index in [-0.39, 0.29) is 6.42 Å². The Morgan fingerprint density at radius 3 is 1.62 bits per heavy atom. The van der Waals surface area contributed by atoms with E-state index in [0.717, 1.165) is 12.8 Å². The number of carbonyl (C=O) groups is 2. The zero-order valence-electron chi connectivity index (χ0n) is 15.7. The average molecular weight is 343 g/mol. The number of nitrogens with two attached hydrogens (primary N) is 1. The molecule has 0 aliphatic heterocycles. The number of carboxylic acid groups (broad SMARTS) is 1. The van der Waals surface area contributed by atoms with E-state index in [4.69, 9.17) is 10.8 Å². The Labute approximate surface area is 147 Å². The maximum Gasteiger partial charge on any atom is 0.333 e. The Morgan fingerprint density at radius 1 is 0.833 bits per heavy atom. The summed E-state index contributed by atoms with van der Waals surface area (Å²) in [5.74, 6) is -1.85. The third-order valence-electron chi connectivity index (χ3n) is 4.66. The van der Waals surface area contributed by atoms with Crippen LogP contribution in [0, 0.1) is 0 Å². The van der Waals surface area contributed by atoms with Gasteiger partial charge in [-0.05, 0) is 12.8 Å². The Balaban J connectivity index is 3.45. The number of aliphatic carboxylic acids is 1. The Morgan fingerprint density at radius 2 is 1.25 bits per heavy atom. The molecule has 0 bridgehead atoms. The molecule has 1 unspecified atom stereocenters. The van der Waals surface area contributed by atoms with Gasteiger partial charge in [-0.25, -0.2) is 4.79 Å². The maximum absolute atomic E-state index is 11.8. The number of unbranched alkanes of at least 4 members (excludes halogenated alkanes) is 11. The van der Waals surface area contributed by atoms with Gasteiger partial charge in [-0.15, -0.1) is 0 Å².